The SMILES string of the molecule is CCCCS(=O)(=O)CCCCCCCCCCCNc1ccc(C(=O)O)cc1. The summed E-state index contributed by atoms with van der Waals surface area (Å²) in [5.74, 6) is -0.186. The second kappa shape index (κ2) is 14.4. The van der Waals surface area contributed by atoms with Gasteiger partial charge < -0.3 is 10.4 Å². The Bertz CT molecular complexity index is 641. The largest absolute Gasteiger partial charge is 0.478 e. The van der Waals surface area contributed by atoms with Crippen molar-refractivity contribution < 1.29 is 18.3 Å². The lowest BCUT2D eigenvalue weighted by atomic mass is 10.1. The molecular formula is C22H37NO4S. The Balaban J connectivity index is 1.91. The molecule has 1 aromatic carbocycles. The maximum absolute atomic E-state index is 11.8. The predicted octanol–water partition coefficient (Wildman–Crippen LogP) is 5.52. The van der Waals surface area contributed by atoms with Crippen LogP contribution in [0.3, 0.4) is 0 Å². The molecule has 0 saturated heterocycles. The average Bonchev–Trinajstić information content (AvgIpc) is 2.67. The highest BCUT2D eigenvalue weighted by Gasteiger charge is 2.08. The van der Waals surface area contributed by atoms with E-state index < -0.39 is 15.8 Å². The van der Waals surface area contributed by atoms with E-state index in [-0.39, 0.29) is 0 Å². The third kappa shape index (κ3) is 12.0. The van der Waals surface area contributed by atoms with Crippen LogP contribution in [0.4, 0.5) is 5.69 Å². The van der Waals surface area contributed by atoms with E-state index in [1.165, 1.54) is 32.1 Å². The molecule has 28 heavy (non-hydrogen) atoms. The molecule has 1 rings (SSSR count). The van der Waals surface area contributed by atoms with Crippen LogP contribution in [0.15, 0.2) is 24.3 Å². The number of nitrogens with one attached hydrogen (secondary N) is 1. The third-order valence-electron chi connectivity index (χ3n) is 4.90. The standard InChI is InChI=1S/C22H37NO4S/c1-2-3-18-28(26,27)19-12-10-8-6-4-5-7-9-11-17-23-21-15-13-20(14-16-21)22(24)25/h13-16,23H,2-12,17-19H2,1H3,(H,24,25). The summed E-state index contributed by atoms with van der Waals surface area (Å²) in [5, 5.41) is 12.2. The summed E-state index contributed by atoms with van der Waals surface area (Å²) in [6.45, 7) is 2.92. The summed E-state index contributed by atoms with van der Waals surface area (Å²) in [7, 11) is -2.81. The third-order valence-corrected chi connectivity index (χ3v) is 6.72. The monoisotopic (exact) mass is 411 g/mol. The molecular weight excluding hydrogens is 374 g/mol. The van der Waals surface area contributed by atoms with E-state index in [0.717, 1.165) is 50.8 Å². The Kier molecular flexibility index (Phi) is 12.6. The zero-order chi connectivity index (χ0) is 20.7. The fourth-order valence-corrected chi connectivity index (χ4v) is 4.69. The van der Waals surface area contributed by atoms with Gasteiger partial charge in [0.1, 0.15) is 9.84 Å². The van der Waals surface area contributed by atoms with E-state index in [1.807, 2.05) is 6.92 Å². The summed E-state index contributed by atoms with van der Waals surface area (Å²) in [4.78, 5) is 10.8. The minimum atomic E-state index is -2.81. The molecule has 0 unspecified atom stereocenters. The van der Waals surface area contributed by atoms with Crippen LogP contribution in [0.25, 0.3) is 0 Å². The van der Waals surface area contributed by atoms with Gasteiger partial charge in [0.15, 0.2) is 0 Å². The number of carbonyl (C=O) groups is 1. The second-order valence-electron chi connectivity index (χ2n) is 7.50. The molecule has 0 aliphatic carbocycles. The molecule has 0 aliphatic rings. The van der Waals surface area contributed by atoms with Crippen molar-refractivity contribution in [2.24, 2.45) is 0 Å². The van der Waals surface area contributed by atoms with Gasteiger partial charge in [-0.3, -0.25) is 0 Å². The van der Waals surface area contributed by atoms with Crippen molar-refractivity contribution in [3.8, 4) is 0 Å². The molecule has 0 heterocycles. The summed E-state index contributed by atoms with van der Waals surface area (Å²) < 4.78 is 23.5. The lowest BCUT2D eigenvalue weighted by Gasteiger charge is -2.07. The first-order chi connectivity index (χ1) is 13.4. The number of hydrogen-bond acceptors (Lipinski definition) is 4. The molecule has 0 fully saturated rings. The van der Waals surface area contributed by atoms with Crippen molar-refractivity contribution in [1.29, 1.82) is 0 Å². The number of hydrogen-bond donors (Lipinski definition) is 2. The zero-order valence-electron chi connectivity index (χ0n) is 17.3. The van der Waals surface area contributed by atoms with Crippen LogP contribution >= 0.6 is 0 Å². The van der Waals surface area contributed by atoms with Crippen molar-refractivity contribution >= 4 is 21.5 Å². The van der Waals surface area contributed by atoms with E-state index in [9.17, 15) is 13.2 Å². The van der Waals surface area contributed by atoms with Gasteiger partial charge in [0.05, 0.1) is 17.1 Å². The van der Waals surface area contributed by atoms with Crippen molar-refractivity contribution in [3.05, 3.63) is 29.8 Å². The lowest BCUT2D eigenvalue weighted by molar-refractivity contribution is 0.0697. The first-order valence-electron chi connectivity index (χ1n) is 10.7. The van der Waals surface area contributed by atoms with Crippen LogP contribution in [0, 0.1) is 0 Å². The van der Waals surface area contributed by atoms with Crippen molar-refractivity contribution in [2.75, 3.05) is 23.4 Å². The quantitative estimate of drug-likeness (QED) is 0.330. The van der Waals surface area contributed by atoms with E-state index in [2.05, 4.69) is 5.32 Å². The summed E-state index contributed by atoms with van der Waals surface area (Å²) in [6.07, 6.45) is 11.9. The van der Waals surface area contributed by atoms with Gasteiger partial charge in [-0.25, -0.2) is 13.2 Å². The maximum atomic E-state index is 11.8. The van der Waals surface area contributed by atoms with Gasteiger partial charge in [-0.1, -0.05) is 58.3 Å². The highest BCUT2D eigenvalue weighted by molar-refractivity contribution is 7.91. The molecule has 0 amide bonds. The van der Waals surface area contributed by atoms with Crippen molar-refractivity contribution in [2.45, 2.75) is 77.6 Å². The molecule has 0 saturated carbocycles. The first kappa shape index (κ1) is 24.5. The van der Waals surface area contributed by atoms with Crippen LogP contribution in [-0.2, 0) is 9.84 Å². The molecule has 0 aliphatic heterocycles. The molecule has 160 valence electrons. The summed E-state index contributed by atoms with van der Waals surface area (Å²) >= 11 is 0. The number of unbranched alkanes of at least 4 members (excludes halogenated alkanes) is 9. The zero-order valence-corrected chi connectivity index (χ0v) is 18.1. The number of benzene rings is 1. The fourth-order valence-electron chi connectivity index (χ4n) is 3.11. The highest BCUT2D eigenvalue weighted by atomic mass is 32.2. The van der Waals surface area contributed by atoms with Gasteiger partial charge in [-0.05, 0) is 43.5 Å². The molecule has 0 atom stereocenters. The van der Waals surface area contributed by atoms with Crippen LogP contribution in [0.2, 0.25) is 0 Å². The maximum Gasteiger partial charge on any atom is 0.335 e. The molecule has 2 N–H and O–H groups in total. The van der Waals surface area contributed by atoms with E-state index in [4.69, 9.17) is 5.11 Å². The minimum Gasteiger partial charge on any atom is -0.478 e. The van der Waals surface area contributed by atoms with Gasteiger partial charge in [0.25, 0.3) is 0 Å². The highest BCUT2D eigenvalue weighted by Crippen LogP contribution is 2.12. The summed E-state index contributed by atoms with van der Waals surface area (Å²) in [5.41, 5.74) is 1.27. The normalized spacial score (nSPS) is 11.5. The van der Waals surface area contributed by atoms with Crippen LogP contribution < -0.4 is 5.32 Å². The van der Waals surface area contributed by atoms with E-state index in [0.29, 0.717) is 17.1 Å². The summed E-state index contributed by atoms with van der Waals surface area (Å²) in [6, 6.07) is 6.84. The van der Waals surface area contributed by atoms with E-state index >= 15 is 0 Å². The van der Waals surface area contributed by atoms with Gasteiger partial charge in [-0.15, -0.1) is 0 Å². The van der Waals surface area contributed by atoms with Crippen LogP contribution in [0.5, 0.6) is 0 Å². The molecule has 0 spiro atoms. The number of carboxylic acids is 1. The average molecular weight is 412 g/mol. The Morgan fingerprint density at radius 1 is 0.821 bits per heavy atom. The van der Waals surface area contributed by atoms with Gasteiger partial charge >= 0.3 is 5.97 Å². The number of anilines is 1. The predicted molar refractivity (Wildman–Crippen MR) is 117 cm³/mol. The fraction of sp³-hybridized carbons (Fsp3) is 0.682. The molecule has 0 aromatic heterocycles. The Labute approximate surface area is 170 Å². The molecule has 0 bridgehead atoms. The lowest BCUT2D eigenvalue weighted by Crippen LogP contribution is -2.10. The van der Waals surface area contributed by atoms with Gasteiger partial charge in [0.2, 0.25) is 0 Å². The molecule has 5 nitrogen and oxygen atoms in total. The van der Waals surface area contributed by atoms with Crippen molar-refractivity contribution in [1.82, 2.24) is 0 Å². The Morgan fingerprint density at radius 2 is 1.32 bits per heavy atom. The smallest absolute Gasteiger partial charge is 0.335 e. The topological polar surface area (TPSA) is 83.5 Å². The molecule has 1 aromatic rings. The van der Waals surface area contributed by atoms with Crippen LogP contribution in [0.1, 0.15) is 87.9 Å². The first-order valence-corrected chi connectivity index (χ1v) is 12.5. The number of rotatable bonds is 17. The number of sulfone groups is 1. The number of aromatic carboxylic acids is 1. The van der Waals surface area contributed by atoms with E-state index in [1.54, 1.807) is 24.3 Å². The molecule has 6 heteroatoms. The van der Waals surface area contributed by atoms with Gasteiger partial charge in [-0.2, -0.15) is 0 Å². The van der Waals surface area contributed by atoms with Gasteiger partial charge in [0, 0.05) is 12.2 Å². The van der Waals surface area contributed by atoms with Crippen LogP contribution in [-0.4, -0.2) is 37.5 Å². The molecule has 0 radical (unpaired) electrons. The Morgan fingerprint density at radius 3 is 1.86 bits per heavy atom. The van der Waals surface area contributed by atoms with Crippen molar-refractivity contribution in [3.63, 3.8) is 0 Å². The second-order valence-corrected chi connectivity index (χ2v) is 9.80. The Hall–Kier alpha value is -1.56. The number of carboxylic acid groups (broad SMARTS) is 1. The minimum absolute atomic E-state index is 0.309.